The predicted octanol–water partition coefficient (Wildman–Crippen LogP) is -0.0156. The monoisotopic (exact) mass is 174 g/mol. The van der Waals surface area contributed by atoms with E-state index in [0.29, 0.717) is 38.9 Å². The molecule has 2 rings (SSSR count). The molecule has 12 heavy (non-hydrogen) atoms. The van der Waals surface area contributed by atoms with Gasteiger partial charge >= 0.3 is 0 Å². The molecule has 1 saturated heterocycles. The topological polar surface area (TPSA) is 58.9 Å². The number of hydrogen-bond donors (Lipinski definition) is 2. The lowest BCUT2D eigenvalue weighted by atomic mass is 9.89. The molecular weight excluding hydrogens is 160 g/mol. The van der Waals surface area contributed by atoms with Gasteiger partial charge in [-0.15, -0.1) is 0 Å². The molecule has 1 aliphatic heterocycles. The summed E-state index contributed by atoms with van der Waals surface area (Å²) in [5, 5.41) is 18.5. The van der Waals surface area contributed by atoms with Gasteiger partial charge in [-0.3, -0.25) is 0 Å². The van der Waals surface area contributed by atoms with Crippen molar-refractivity contribution in [3.05, 3.63) is 0 Å². The van der Waals surface area contributed by atoms with Crippen molar-refractivity contribution in [1.82, 2.24) is 0 Å². The van der Waals surface area contributed by atoms with Crippen molar-refractivity contribution >= 4 is 0 Å². The molecule has 0 bridgehead atoms. The van der Waals surface area contributed by atoms with E-state index in [9.17, 15) is 10.2 Å². The van der Waals surface area contributed by atoms with Crippen LogP contribution in [-0.4, -0.2) is 35.0 Å². The van der Waals surface area contributed by atoms with E-state index in [-0.39, 0.29) is 0 Å². The molecule has 0 aromatic carbocycles. The smallest absolute Gasteiger partial charge is 0.168 e. The largest absolute Gasteiger partial charge is 0.366 e. The maximum atomic E-state index is 9.26. The van der Waals surface area contributed by atoms with E-state index in [1.807, 2.05) is 0 Å². The van der Waals surface area contributed by atoms with E-state index >= 15 is 0 Å². The Kier molecular flexibility index (Phi) is 1.88. The van der Waals surface area contributed by atoms with Crippen molar-refractivity contribution in [2.24, 2.45) is 0 Å². The van der Waals surface area contributed by atoms with E-state index in [2.05, 4.69) is 0 Å². The van der Waals surface area contributed by atoms with Gasteiger partial charge in [0.15, 0.2) is 11.6 Å². The zero-order chi connectivity index (χ0) is 8.66. The molecule has 70 valence electrons. The third kappa shape index (κ3) is 1.47. The van der Waals surface area contributed by atoms with Crippen LogP contribution in [0.25, 0.3) is 0 Å². The van der Waals surface area contributed by atoms with Crippen LogP contribution >= 0.6 is 0 Å². The van der Waals surface area contributed by atoms with E-state index in [0.717, 1.165) is 0 Å². The fraction of sp³-hybridized carbons (Fsp3) is 1.00. The van der Waals surface area contributed by atoms with Crippen LogP contribution < -0.4 is 0 Å². The van der Waals surface area contributed by atoms with Crippen LogP contribution in [0.5, 0.6) is 0 Å². The lowest BCUT2D eigenvalue weighted by Gasteiger charge is -2.37. The molecule has 2 aliphatic rings. The van der Waals surface area contributed by atoms with Crippen LogP contribution in [0.3, 0.4) is 0 Å². The molecule has 4 heteroatoms. The first-order valence-corrected chi connectivity index (χ1v) is 4.35. The molecule has 2 fully saturated rings. The highest BCUT2D eigenvalue weighted by atomic mass is 16.7. The lowest BCUT2D eigenvalue weighted by molar-refractivity contribution is -0.253. The van der Waals surface area contributed by atoms with Crippen molar-refractivity contribution in [3.63, 3.8) is 0 Å². The van der Waals surface area contributed by atoms with Crippen LogP contribution in [0.2, 0.25) is 0 Å². The van der Waals surface area contributed by atoms with Crippen LogP contribution in [0.4, 0.5) is 0 Å². The van der Waals surface area contributed by atoms with Gasteiger partial charge in [0.1, 0.15) is 0 Å². The van der Waals surface area contributed by atoms with Gasteiger partial charge in [-0.05, 0) is 0 Å². The fourth-order valence-corrected chi connectivity index (χ4v) is 1.82. The number of rotatable bonds is 0. The Balaban J connectivity index is 1.97. The van der Waals surface area contributed by atoms with Gasteiger partial charge in [-0.2, -0.15) is 0 Å². The van der Waals surface area contributed by atoms with Gasteiger partial charge in [0.05, 0.1) is 13.2 Å². The average molecular weight is 174 g/mol. The summed E-state index contributed by atoms with van der Waals surface area (Å²) in [6, 6.07) is 0. The first-order chi connectivity index (χ1) is 5.62. The van der Waals surface area contributed by atoms with Crippen LogP contribution in [0.1, 0.15) is 25.7 Å². The standard InChI is InChI=1S/C8H14O4/c9-7(10)1-3-8(4-2-7)11-5-6-12-8/h9-10H,1-6H2. The average Bonchev–Trinajstić information content (AvgIpc) is 2.46. The summed E-state index contributed by atoms with van der Waals surface area (Å²) in [6.07, 6.45) is 1.85. The molecule has 1 saturated carbocycles. The summed E-state index contributed by atoms with van der Waals surface area (Å²) < 4.78 is 10.9. The molecule has 1 heterocycles. The Morgan fingerprint density at radius 3 is 1.83 bits per heavy atom. The summed E-state index contributed by atoms with van der Waals surface area (Å²) in [5.74, 6) is -1.99. The van der Waals surface area contributed by atoms with Crippen molar-refractivity contribution in [2.45, 2.75) is 37.3 Å². The molecule has 0 amide bonds. The number of ether oxygens (including phenoxy) is 2. The maximum Gasteiger partial charge on any atom is 0.168 e. The van der Waals surface area contributed by atoms with Gasteiger partial charge in [-0.25, -0.2) is 0 Å². The van der Waals surface area contributed by atoms with E-state index < -0.39 is 11.6 Å². The maximum absolute atomic E-state index is 9.26. The van der Waals surface area contributed by atoms with Gasteiger partial charge in [0.2, 0.25) is 0 Å². The van der Waals surface area contributed by atoms with E-state index in [1.165, 1.54) is 0 Å². The van der Waals surface area contributed by atoms with Gasteiger partial charge in [-0.1, -0.05) is 0 Å². The highest BCUT2D eigenvalue weighted by Crippen LogP contribution is 2.38. The summed E-state index contributed by atoms with van der Waals surface area (Å²) in [7, 11) is 0. The molecule has 4 nitrogen and oxygen atoms in total. The first-order valence-electron chi connectivity index (χ1n) is 4.35. The molecule has 0 aromatic heterocycles. The van der Waals surface area contributed by atoms with Crippen molar-refractivity contribution < 1.29 is 19.7 Å². The van der Waals surface area contributed by atoms with Gasteiger partial charge in [0, 0.05) is 25.7 Å². The van der Waals surface area contributed by atoms with E-state index in [4.69, 9.17) is 9.47 Å². The fourth-order valence-electron chi connectivity index (χ4n) is 1.82. The number of hydrogen-bond acceptors (Lipinski definition) is 4. The second-order valence-electron chi connectivity index (χ2n) is 3.59. The Morgan fingerprint density at radius 1 is 0.833 bits per heavy atom. The predicted molar refractivity (Wildman–Crippen MR) is 40.3 cm³/mol. The zero-order valence-electron chi connectivity index (χ0n) is 6.95. The van der Waals surface area contributed by atoms with E-state index in [1.54, 1.807) is 0 Å². The lowest BCUT2D eigenvalue weighted by Crippen LogP contribution is -2.43. The van der Waals surface area contributed by atoms with Crippen molar-refractivity contribution in [2.75, 3.05) is 13.2 Å². The van der Waals surface area contributed by atoms with Crippen LogP contribution in [0.15, 0.2) is 0 Å². The molecule has 0 unspecified atom stereocenters. The molecule has 2 N–H and O–H groups in total. The van der Waals surface area contributed by atoms with Crippen LogP contribution in [-0.2, 0) is 9.47 Å². The second kappa shape index (κ2) is 2.67. The third-order valence-electron chi connectivity index (χ3n) is 2.63. The second-order valence-corrected chi connectivity index (χ2v) is 3.59. The minimum Gasteiger partial charge on any atom is -0.366 e. The molecule has 0 atom stereocenters. The Bertz CT molecular complexity index is 160. The van der Waals surface area contributed by atoms with Crippen LogP contribution in [0, 0.1) is 0 Å². The van der Waals surface area contributed by atoms with Gasteiger partial charge in [0.25, 0.3) is 0 Å². The zero-order valence-corrected chi connectivity index (χ0v) is 6.95. The summed E-state index contributed by atoms with van der Waals surface area (Å²) in [6.45, 7) is 1.26. The minimum atomic E-state index is -1.50. The molecule has 0 radical (unpaired) electrons. The quantitative estimate of drug-likeness (QED) is 0.507. The number of aliphatic hydroxyl groups is 2. The van der Waals surface area contributed by atoms with Gasteiger partial charge < -0.3 is 19.7 Å². The normalized spacial score (nSPS) is 32.5. The summed E-state index contributed by atoms with van der Waals surface area (Å²) >= 11 is 0. The Labute approximate surface area is 71.1 Å². The highest BCUT2D eigenvalue weighted by Gasteiger charge is 2.44. The molecule has 1 spiro atoms. The van der Waals surface area contributed by atoms with Crippen molar-refractivity contribution in [3.8, 4) is 0 Å². The summed E-state index contributed by atoms with van der Waals surface area (Å²) in [4.78, 5) is 0. The highest BCUT2D eigenvalue weighted by molar-refractivity contribution is 4.85. The SMILES string of the molecule is OC1(O)CCC2(CC1)OCCO2. The Hall–Kier alpha value is -0.160. The summed E-state index contributed by atoms with van der Waals surface area (Å²) in [5.41, 5.74) is 0. The third-order valence-corrected chi connectivity index (χ3v) is 2.63. The molecule has 1 aliphatic carbocycles. The molecule has 0 aromatic rings. The first kappa shape index (κ1) is 8.44. The molecular formula is C8H14O4. The van der Waals surface area contributed by atoms with Crippen molar-refractivity contribution in [1.29, 1.82) is 0 Å². The minimum absolute atomic E-state index is 0.340. The Morgan fingerprint density at radius 2 is 1.33 bits per heavy atom.